The molecule has 1 aromatic heterocycles. The molecule has 0 atom stereocenters. The summed E-state index contributed by atoms with van der Waals surface area (Å²) in [6, 6.07) is 13.3. The molecule has 0 aliphatic carbocycles. The van der Waals surface area contributed by atoms with Gasteiger partial charge in [0.1, 0.15) is 17.4 Å². The van der Waals surface area contributed by atoms with Gasteiger partial charge in [0.25, 0.3) is 0 Å². The quantitative estimate of drug-likeness (QED) is 0.735. The average molecular weight is 384 g/mol. The number of hydrogen-bond donors (Lipinski definition) is 1. The highest BCUT2D eigenvalue weighted by atomic mass is 32.1. The lowest BCUT2D eigenvalue weighted by Crippen LogP contribution is -2.39. The summed E-state index contributed by atoms with van der Waals surface area (Å²) in [4.78, 5) is 32.2. The molecule has 2 aromatic carbocycles. The van der Waals surface area contributed by atoms with Crippen molar-refractivity contribution in [3.05, 3.63) is 59.4 Å². The maximum Gasteiger partial charge on any atom is 0.325 e. The van der Waals surface area contributed by atoms with Gasteiger partial charge in [0.15, 0.2) is 0 Å². The van der Waals surface area contributed by atoms with E-state index in [1.54, 1.807) is 17.0 Å². The fourth-order valence-electron chi connectivity index (χ4n) is 2.99. The summed E-state index contributed by atoms with van der Waals surface area (Å²) in [5.74, 6) is -0.583. The lowest BCUT2D eigenvalue weighted by molar-refractivity contribution is -0.121. The predicted molar refractivity (Wildman–Crippen MR) is 102 cm³/mol. The largest absolute Gasteiger partial charge is 0.348 e. The van der Waals surface area contributed by atoms with Gasteiger partial charge >= 0.3 is 6.03 Å². The molecule has 1 fully saturated rings. The Morgan fingerprint density at radius 3 is 2.70 bits per heavy atom. The van der Waals surface area contributed by atoms with E-state index >= 15 is 0 Å². The zero-order valence-corrected chi connectivity index (χ0v) is 15.2. The molecule has 0 spiro atoms. The van der Waals surface area contributed by atoms with Gasteiger partial charge in [0, 0.05) is 18.8 Å². The molecule has 0 radical (unpaired) electrons. The molecule has 3 aromatic rings. The third-order valence-corrected chi connectivity index (χ3v) is 5.38. The lowest BCUT2D eigenvalue weighted by Gasteiger charge is -2.18. The Hall–Kier alpha value is -3.00. The van der Waals surface area contributed by atoms with Crippen LogP contribution in [-0.2, 0) is 11.3 Å². The minimum Gasteiger partial charge on any atom is -0.348 e. The van der Waals surface area contributed by atoms with Crippen molar-refractivity contribution in [2.45, 2.75) is 6.54 Å². The van der Waals surface area contributed by atoms with Crippen LogP contribution in [0.4, 0.5) is 14.9 Å². The van der Waals surface area contributed by atoms with Gasteiger partial charge in [-0.25, -0.2) is 14.2 Å². The minimum atomic E-state index is -0.350. The van der Waals surface area contributed by atoms with E-state index in [0.717, 1.165) is 15.2 Å². The fraction of sp³-hybridized carbons (Fsp3) is 0.211. The monoisotopic (exact) mass is 384 g/mol. The van der Waals surface area contributed by atoms with E-state index in [9.17, 15) is 14.0 Å². The number of urea groups is 1. The van der Waals surface area contributed by atoms with E-state index in [4.69, 9.17) is 0 Å². The van der Waals surface area contributed by atoms with Crippen LogP contribution in [0.25, 0.3) is 10.2 Å². The van der Waals surface area contributed by atoms with Crippen molar-refractivity contribution in [2.24, 2.45) is 0 Å². The number of halogens is 1. The Kier molecular flexibility index (Phi) is 4.72. The Morgan fingerprint density at radius 2 is 1.93 bits per heavy atom. The molecule has 0 saturated carbocycles. The molecule has 27 heavy (non-hydrogen) atoms. The smallest absolute Gasteiger partial charge is 0.325 e. The van der Waals surface area contributed by atoms with Crippen LogP contribution in [0, 0.1) is 5.82 Å². The maximum atomic E-state index is 13.0. The zero-order valence-electron chi connectivity index (χ0n) is 14.4. The molecule has 138 valence electrons. The molecule has 3 amide bonds. The number of nitrogens with one attached hydrogen (secondary N) is 1. The SMILES string of the molecule is O=C(CN1CCN(c2ccc(F)cc2)C1=O)NCc1nc2ccccc2s1. The highest BCUT2D eigenvalue weighted by Crippen LogP contribution is 2.22. The average Bonchev–Trinajstić information content (AvgIpc) is 3.24. The second-order valence-corrected chi connectivity index (χ2v) is 7.30. The predicted octanol–water partition coefficient (Wildman–Crippen LogP) is 2.99. The number of benzene rings is 2. The van der Waals surface area contributed by atoms with Gasteiger partial charge in [0.05, 0.1) is 16.8 Å². The Bertz CT molecular complexity index is 956. The van der Waals surface area contributed by atoms with Gasteiger partial charge in [-0.1, -0.05) is 12.1 Å². The summed E-state index contributed by atoms with van der Waals surface area (Å²) >= 11 is 1.54. The number of thiazole rings is 1. The standard InChI is InChI=1S/C19H17FN4O2S/c20-13-5-7-14(8-6-13)24-10-9-23(19(24)26)12-17(25)21-11-18-22-15-3-1-2-4-16(15)27-18/h1-8H,9-12H2,(H,21,25). The van der Waals surface area contributed by atoms with E-state index in [-0.39, 0.29) is 24.3 Å². The van der Waals surface area contributed by atoms with E-state index in [2.05, 4.69) is 10.3 Å². The number of nitrogens with zero attached hydrogens (tertiary/aromatic N) is 3. The lowest BCUT2D eigenvalue weighted by atomic mass is 10.3. The highest BCUT2D eigenvalue weighted by molar-refractivity contribution is 7.18. The van der Waals surface area contributed by atoms with E-state index in [0.29, 0.717) is 25.3 Å². The number of carbonyl (C=O) groups is 2. The van der Waals surface area contributed by atoms with Crippen LogP contribution in [0.15, 0.2) is 48.5 Å². The van der Waals surface area contributed by atoms with Gasteiger partial charge in [-0.15, -0.1) is 11.3 Å². The van der Waals surface area contributed by atoms with Crippen LogP contribution in [0.5, 0.6) is 0 Å². The molecule has 1 aliphatic heterocycles. The van der Waals surface area contributed by atoms with Gasteiger partial charge < -0.3 is 10.2 Å². The summed E-state index contributed by atoms with van der Waals surface area (Å²) in [6.45, 7) is 1.24. The van der Waals surface area contributed by atoms with Crippen molar-refractivity contribution in [3.8, 4) is 0 Å². The number of amides is 3. The van der Waals surface area contributed by atoms with E-state index in [1.165, 1.54) is 28.4 Å². The van der Waals surface area contributed by atoms with Crippen LogP contribution < -0.4 is 10.2 Å². The molecule has 2 heterocycles. The van der Waals surface area contributed by atoms with Crippen molar-refractivity contribution >= 4 is 39.2 Å². The first-order chi connectivity index (χ1) is 13.1. The normalized spacial score (nSPS) is 14.2. The molecule has 1 saturated heterocycles. The molecular weight excluding hydrogens is 367 g/mol. The topological polar surface area (TPSA) is 65.5 Å². The minimum absolute atomic E-state index is 0.0125. The Balaban J connectivity index is 1.33. The first-order valence-corrected chi connectivity index (χ1v) is 9.35. The molecular formula is C19H17FN4O2S. The first kappa shape index (κ1) is 17.4. The summed E-state index contributed by atoms with van der Waals surface area (Å²) in [5.41, 5.74) is 1.54. The molecule has 0 bridgehead atoms. The second-order valence-electron chi connectivity index (χ2n) is 6.18. The van der Waals surface area contributed by atoms with Gasteiger partial charge in [0.2, 0.25) is 5.91 Å². The van der Waals surface area contributed by atoms with Crippen LogP contribution >= 0.6 is 11.3 Å². The van der Waals surface area contributed by atoms with Crippen molar-refractivity contribution in [1.29, 1.82) is 0 Å². The number of aromatic nitrogens is 1. The van der Waals surface area contributed by atoms with Crippen LogP contribution in [0.3, 0.4) is 0 Å². The Labute approximate surface area is 159 Å². The van der Waals surface area contributed by atoms with Crippen molar-refractivity contribution < 1.29 is 14.0 Å². The number of carbonyl (C=O) groups excluding carboxylic acids is 2. The fourth-order valence-corrected chi connectivity index (χ4v) is 3.90. The van der Waals surface area contributed by atoms with Gasteiger partial charge in [-0.05, 0) is 36.4 Å². The third kappa shape index (κ3) is 3.75. The van der Waals surface area contributed by atoms with Crippen LogP contribution in [-0.4, -0.2) is 41.5 Å². The third-order valence-electron chi connectivity index (χ3n) is 4.34. The number of para-hydroxylation sites is 1. The highest BCUT2D eigenvalue weighted by Gasteiger charge is 2.30. The number of anilines is 1. The number of rotatable bonds is 5. The van der Waals surface area contributed by atoms with Crippen molar-refractivity contribution in [3.63, 3.8) is 0 Å². The van der Waals surface area contributed by atoms with Gasteiger partial charge in [-0.3, -0.25) is 9.69 Å². The first-order valence-electron chi connectivity index (χ1n) is 8.53. The van der Waals surface area contributed by atoms with E-state index in [1.807, 2.05) is 24.3 Å². The molecule has 4 rings (SSSR count). The molecule has 0 unspecified atom stereocenters. The summed E-state index contributed by atoms with van der Waals surface area (Å²) in [5, 5.41) is 3.64. The van der Waals surface area contributed by atoms with Crippen molar-refractivity contribution in [1.82, 2.24) is 15.2 Å². The summed E-state index contributed by atoms with van der Waals surface area (Å²) in [6.07, 6.45) is 0. The molecule has 1 N–H and O–H groups in total. The summed E-state index contributed by atoms with van der Waals surface area (Å²) in [7, 11) is 0. The summed E-state index contributed by atoms with van der Waals surface area (Å²) < 4.78 is 14.1. The van der Waals surface area contributed by atoms with Crippen LogP contribution in [0.2, 0.25) is 0 Å². The van der Waals surface area contributed by atoms with Gasteiger partial charge in [-0.2, -0.15) is 0 Å². The van der Waals surface area contributed by atoms with Crippen molar-refractivity contribution in [2.75, 3.05) is 24.5 Å². The molecule has 8 heteroatoms. The number of fused-ring (bicyclic) bond motifs is 1. The zero-order chi connectivity index (χ0) is 18.8. The maximum absolute atomic E-state index is 13.0. The molecule has 1 aliphatic rings. The van der Waals surface area contributed by atoms with Crippen LogP contribution in [0.1, 0.15) is 5.01 Å². The number of hydrogen-bond acceptors (Lipinski definition) is 4. The van der Waals surface area contributed by atoms with E-state index < -0.39 is 0 Å². The Morgan fingerprint density at radius 1 is 1.15 bits per heavy atom. The second kappa shape index (κ2) is 7.32. The molecule has 6 nitrogen and oxygen atoms in total.